The number of aromatic nitrogens is 4. The van der Waals surface area contributed by atoms with Gasteiger partial charge >= 0.3 is 0 Å². The third kappa shape index (κ3) is 3.68. The van der Waals surface area contributed by atoms with Crippen LogP contribution >= 0.6 is 11.3 Å². The lowest BCUT2D eigenvalue weighted by Gasteiger charge is -2.10. The minimum absolute atomic E-state index is 0.0470. The number of aryl methyl sites for hydroxylation is 3. The first kappa shape index (κ1) is 21.3. The minimum atomic E-state index is -1.14. The van der Waals surface area contributed by atoms with Gasteiger partial charge < -0.3 is 4.98 Å². The lowest BCUT2D eigenvalue weighted by molar-refractivity contribution is -0.118. The number of hydrogen-bond donors (Lipinski definition) is 1. The number of para-hydroxylation sites is 1. The highest BCUT2D eigenvalue weighted by molar-refractivity contribution is 7.18. The zero-order chi connectivity index (χ0) is 23.1. The molecule has 0 fully saturated rings. The van der Waals surface area contributed by atoms with Crippen LogP contribution in [0, 0.1) is 25.2 Å². The van der Waals surface area contributed by atoms with E-state index in [1.165, 1.54) is 16.2 Å². The van der Waals surface area contributed by atoms with Gasteiger partial charge in [-0.3, -0.25) is 9.59 Å². The summed E-state index contributed by atoms with van der Waals surface area (Å²) in [6.45, 7) is 3.78. The van der Waals surface area contributed by atoms with Gasteiger partial charge in [-0.2, -0.15) is 10.4 Å². The van der Waals surface area contributed by atoms with Crippen molar-refractivity contribution < 1.29 is 4.79 Å². The third-order valence-corrected chi connectivity index (χ3v) is 7.55. The van der Waals surface area contributed by atoms with E-state index < -0.39 is 5.92 Å². The number of nitriles is 1. The average Bonchev–Trinajstić information content (AvgIpc) is 3.33. The number of carbonyl (C=O) groups excluding carboxylic acids is 1. The Labute approximate surface area is 194 Å². The summed E-state index contributed by atoms with van der Waals surface area (Å²) in [4.78, 5) is 35.2. The quantitative estimate of drug-likeness (QED) is 0.486. The lowest BCUT2D eigenvalue weighted by Crippen LogP contribution is -2.21. The van der Waals surface area contributed by atoms with E-state index in [9.17, 15) is 14.9 Å². The van der Waals surface area contributed by atoms with E-state index in [0.717, 1.165) is 53.9 Å². The Kier molecular flexibility index (Phi) is 5.43. The van der Waals surface area contributed by atoms with E-state index in [2.05, 4.69) is 21.1 Å². The molecule has 0 bridgehead atoms. The van der Waals surface area contributed by atoms with E-state index in [1.807, 2.05) is 48.9 Å². The van der Waals surface area contributed by atoms with E-state index in [0.29, 0.717) is 10.2 Å². The first-order valence-corrected chi connectivity index (χ1v) is 11.9. The second kappa shape index (κ2) is 8.41. The highest BCUT2D eigenvalue weighted by Gasteiger charge is 2.28. The van der Waals surface area contributed by atoms with E-state index in [-0.39, 0.29) is 23.6 Å². The summed E-state index contributed by atoms with van der Waals surface area (Å²) in [7, 11) is 0. The fraction of sp³-hybridized carbons (Fsp3) is 0.320. The Hall–Kier alpha value is -3.57. The number of rotatable bonds is 5. The fourth-order valence-electron chi connectivity index (χ4n) is 4.63. The maximum atomic E-state index is 13.2. The summed E-state index contributed by atoms with van der Waals surface area (Å²) in [5.74, 6) is -1.32. The number of aromatic amines is 1. The largest absolute Gasteiger partial charge is 0.308 e. The molecule has 8 heteroatoms. The summed E-state index contributed by atoms with van der Waals surface area (Å²) in [5, 5.41) is 15.0. The van der Waals surface area contributed by atoms with Crippen molar-refractivity contribution in [2.45, 2.75) is 51.9 Å². The predicted octanol–water partition coefficient (Wildman–Crippen LogP) is 4.08. The number of hydrogen-bond acceptors (Lipinski definition) is 6. The number of benzene rings is 1. The highest BCUT2D eigenvalue weighted by atomic mass is 32.1. The summed E-state index contributed by atoms with van der Waals surface area (Å²) in [6, 6.07) is 11.8. The minimum Gasteiger partial charge on any atom is -0.308 e. The monoisotopic (exact) mass is 457 g/mol. The van der Waals surface area contributed by atoms with Crippen LogP contribution in [0.2, 0.25) is 0 Å². The van der Waals surface area contributed by atoms with Gasteiger partial charge in [0.05, 0.1) is 22.8 Å². The number of ketones is 1. The summed E-state index contributed by atoms with van der Waals surface area (Å²) in [6.07, 6.45) is 4.05. The van der Waals surface area contributed by atoms with Crippen LogP contribution in [-0.4, -0.2) is 25.5 Å². The molecule has 0 saturated carbocycles. The van der Waals surface area contributed by atoms with Gasteiger partial charge in [-0.05, 0) is 57.2 Å². The molecule has 3 aromatic heterocycles. The maximum Gasteiger partial charge on any atom is 0.259 e. The Morgan fingerprint density at radius 2 is 2.00 bits per heavy atom. The molecule has 166 valence electrons. The smallest absolute Gasteiger partial charge is 0.259 e. The third-order valence-electron chi connectivity index (χ3n) is 6.36. The molecule has 5 rings (SSSR count). The molecule has 33 heavy (non-hydrogen) atoms. The normalized spacial score (nSPS) is 14.1. The molecule has 1 N–H and O–H groups in total. The molecule has 3 heterocycles. The van der Waals surface area contributed by atoms with Crippen LogP contribution in [0.25, 0.3) is 15.9 Å². The van der Waals surface area contributed by atoms with Gasteiger partial charge in [0.1, 0.15) is 10.7 Å². The van der Waals surface area contributed by atoms with Crippen molar-refractivity contribution in [1.29, 1.82) is 5.26 Å². The Morgan fingerprint density at radius 3 is 2.76 bits per heavy atom. The topological polar surface area (TPSA) is 104 Å². The number of nitrogens with one attached hydrogen (secondary N) is 1. The van der Waals surface area contributed by atoms with Gasteiger partial charge in [-0.1, -0.05) is 18.2 Å². The second-order valence-electron chi connectivity index (χ2n) is 8.44. The number of thiophene rings is 1. The van der Waals surface area contributed by atoms with Gasteiger partial charge in [0, 0.05) is 22.6 Å². The van der Waals surface area contributed by atoms with Gasteiger partial charge in [0.15, 0.2) is 11.7 Å². The molecule has 0 radical (unpaired) electrons. The molecule has 1 aliphatic rings. The van der Waals surface area contributed by atoms with Crippen molar-refractivity contribution in [2.75, 3.05) is 0 Å². The van der Waals surface area contributed by atoms with Crippen molar-refractivity contribution >= 4 is 27.3 Å². The summed E-state index contributed by atoms with van der Waals surface area (Å²) in [5.41, 5.74) is 4.12. The molecule has 7 nitrogen and oxygen atoms in total. The van der Waals surface area contributed by atoms with Crippen LogP contribution < -0.4 is 5.56 Å². The van der Waals surface area contributed by atoms with Gasteiger partial charge in [0.2, 0.25) is 0 Å². The molecule has 1 aromatic carbocycles. The Bertz CT molecular complexity index is 1470. The first-order chi connectivity index (χ1) is 16.0. The van der Waals surface area contributed by atoms with Crippen LogP contribution in [0.4, 0.5) is 0 Å². The fourth-order valence-corrected chi connectivity index (χ4v) is 5.90. The Morgan fingerprint density at radius 1 is 1.24 bits per heavy atom. The molecular formula is C25H23N5O2S. The maximum absolute atomic E-state index is 13.2. The van der Waals surface area contributed by atoms with E-state index >= 15 is 0 Å². The molecule has 1 unspecified atom stereocenters. The summed E-state index contributed by atoms with van der Waals surface area (Å²) >= 11 is 1.51. The van der Waals surface area contributed by atoms with Crippen LogP contribution in [-0.2, 0) is 24.1 Å². The van der Waals surface area contributed by atoms with Gasteiger partial charge in [0.25, 0.3) is 5.56 Å². The molecule has 1 aliphatic carbocycles. The van der Waals surface area contributed by atoms with Crippen LogP contribution in [0.1, 0.15) is 52.0 Å². The zero-order valence-electron chi connectivity index (χ0n) is 18.5. The second-order valence-corrected chi connectivity index (χ2v) is 9.53. The van der Waals surface area contributed by atoms with E-state index in [1.54, 1.807) is 0 Å². The number of carbonyl (C=O) groups is 1. The van der Waals surface area contributed by atoms with Crippen molar-refractivity contribution in [2.24, 2.45) is 0 Å². The first-order valence-electron chi connectivity index (χ1n) is 11.0. The molecule has 0 spiro atoms. The lowest BCUT2D eigenvalue weighted by atomic mass is 9.96. The number of fused-ring (bicyclic) bond motifs is 3. The van der Waals surface area contributed by atoms with Crippen LogP contribution in [0.15, 0.2) is 35.1 Å². The van der Waals surface area contributed by atoms with Crippen molar-refractivity contribution in [3.8, 4) is 11.8 Å². The van der Waals surface area contributed by atoms with Crippen LogP contribution in [0.5, 0.6) is 0 Å². The van der Waals surface area contributed by atoms with Crippen molar-refractivity contribution in [1.82, 2.24) is 19.7 Å². The highest BCUT2D eigenvalue weighted by Crippen LogP contribution is 2.34. The molecule has 0 aliphatic heterocycles. The molecule has 4 aromatic rings. The Balaban J connectivity index is 1.48. The zero-order valence-corrected chi connectivity index (χ0v) is 19.3. The molecular weight excluding hydrogens is 434 g/mol. The number of nitrogens with zero attached hydrogens (tertiary/aromatic N) is 4. The average molecular weight is 458 g/mol. The predicted molar refractivity (Wildman–Crippen MR) is 127 cm³/mol. The standard InChI is InChI=1S/C25H23N5O2S/c1-14-18(15(2)30(29-14)16-8-4-3-5-9-16)12-20(31)19(13-26)23-27-24(32)22-17-10-6-7-11-21(17)33-25(22)28-23/h3-5,8-9,19H,6-7,10-12H2,1-2H3,(H,27,28,32). The van der Waals surface area contributed by atoms with Crippen molar-refractivity contribution in [3.63, 3.8) is 0 Å². The van der Waals surface area contributed by atoms with Gasteiger partial charge in [-0.25, -0.2) is 9.67 Å². The number of Topliss-reactive ketones (excluding diaryl/α,β-unsaturated/α-hetero) is 1. The van der Waals surface area contributed by atoms with E-state index in [4.69, 9.17) is 0 Å². The molecule has 0 amide bonds. The van der Waals surface area contributed by atoms with Gasteiger partial charge in [-0.15, -0.1) is 11.3 Å². The SMILES string of the molecule is Cc1nn(-c2ccccc2)c(C)c1CC(=O)C(C#N)c1nc2sc3c(c2c(=O)[nH]1)CCCC3. The molecule has 1 atom stereocenters. The van der Waals surface area contributed by atoms with Crippen LogP contribution in [0.3, 0.4) is 0 Å². The number of H-pyrrole nitrogens is 1. The molecule has 0 saturated heterocycles. The summed E-state index contributed by atoms with van der Waals surface area (Å²) < 4.78 is 1.81. The van der Waals surface area contributed by atoms with Crippen molar-refractivity contribution in [3.05, 3.63) is 73.9 Å².